The Morgan fingerprint density at radius 3 is 2.63 bits per heavy atom. The molecule has 0 spiro atoms. The maximum atomic E-state index is 15.3. The molecule has 2 saturated heterocycles. The average Bonchev–Trinajstić information content (AvgIpc) is 3.31. The predicted octanol–water partition coefficient (Wildman–Crippen LogP) is 6.53. The first-order chi connectivity index (χ1) is 20.8. The number of likely N-dealkylation sites (tertiary alicyclic amines) is 1. The molecule has 43 heavy (non-hydrogen) atoms. The normalized spacial score (nSPS) is 20.8. The van der Waals surface area contributed by atoms with Crippen molar-refractivity contribution in [3.63, 3.8) is 0 Å². The van der Waals surface area contributed by atoms with Crippen molar-refractivity contribution in [2.75, 3.05) is 19.7 Å². The summed E-state index contributed by atoms with van der Waals surface area (Å²) in [5.74, 6) is -0.594. The number of piperidine rings is 1. The van der Waals surface area contributed by atoms with Crippen molar-refractivity contribution in [1.29, 1.82) is 0 Å². The number of pyridine rings is 1. The van der Waals surface area contributed by atoms with E-state index in [-0.39, 0.29) is 28.2 Å². The molecule has 0 radical (unpaired) electrons. The zero-order valence-corrected chi connectivity index (χ0v) is 23.9. The maximum Gasteiger partial charge on any atom is 0.337 e. The number of rotatable bonds is 7. The molecule has 0 saturated carbocycles. The van der Waals surface area contributed by atoms with Crippen molar-refractivity contribution in [3.05, 3.63) is 93.7 Å². The van der Waals surface area contributed by atoms with E-state index in [1.165, 1.54) is 24.4 Å². The van der Waals surface area contributed by atoms with Gasteiger partial charge in [0.2, 0.25) is 0 Å². The van der Waals surface area contributed by atoms with Crippen LogP contribution in [0.2, 0.25) is 5.02 Å². The van der Waals surface area contributed by atoms with E-state index in [4.69, 9.17) is 26.1 Å². The molecule has 1 N–H and O–H groups in total. The van der Waals surface area contributed by atoms with Crippen molar-refractivity contribution in [3.8, 4) is 5.75 Å². The second kappa shape index (κ2) is 11.3. The smallest absolute Gasteiger partial charge is 0.337 e. The van der Waals surface area contributed by atoms with Crippen molar-refractivity contribution >= 4 is 34.6 Å². The number of hydrogen-bond acceptors (Lipinski definition) is 6. The van der Waals surface area contributed by atoms with Crippen LogP contribution < -0.4 is 4.74 Å². The van der Waals surface area contributed by atoms with E-state index in [1.807, 2.05) is 16.7 Å². The van der Waals surface area contributed by atoms with Gasteiger partial charge in [0, 0.05) is 23.4 Å². The first-order valence-electron chi connectivity index (χ1n) is 14.4. The topological polar surface area (TPSA) is 89.7 Å². The lowest BCUT2D eigenvalue weighted by Crippen LogP contribution is -2.35. The van der Waals surface area contributed by atoms with Gasteiger partial charge in [0.1, 0.15) is 29.3 Å². The van der Waals surface area contributed by atoms with Gasteiger partial charge < -0.3 is 19.1 Å². The Kier molecular flexibility index (Phi) is 7.36. The molecule has 4 aromatic rings. The SMILES string of the molecule is O=C(O)c1cnc2nc(CN3CCC(c4cccc5c4O[C@@H](c4ccc(Cl)cc4F)C=C5F)CC3)n(C[C@@H]3CCO3)c2c1. The predicted molar refractivity (Wildman–Crippen MR) is 156 cm³/mol. The van der Waals surface area contributed by atoms with Gasteiger partial charge in [-0.1, -0.05) is 29.8 Å². The summed E-state index contributed by atoms with van der Waals surface area (Å²) in [6.45, 7) is 3.45. The van der Waals surface area contributed by atoms with Crippen molar-refractivity contribution in [2.24, 2.45) is 0 Å². The van der Waals surface area contributed by atoms with Crippen LogP contribution in [0, 0.1) is 5.82 Å². The fourth-order valence-electron chi connectivity index (χ4n) is 6.19. The highest BCUT2D eigenvalue weighted by atomic mass is 35.5. The summed E-state index contributed by atoms with van der Waals surface area (Å²) in [6.07, 6.45) is 4.39. The Labute approximate surface area is 251 Å². The molecule has 0 aliphatic carbocycles. The lowest BCUT2D eigenvalue weighted by molar-refractivity contribution is -0.0592. The molecule has 11 heteroatoms. The number of hydrogen-bond donors (Lipinski definition) is 1. The highest BCUT2D eigenvalue weighted by molar-refractivity contribution is 6.30. The van der Waals surface area contributed by atoms with E-state index in [0.717, 1.165) is 50.3 Å². The number of imidazole rings is 1. The summed E-state index contributed by atoms with van der Waals surface area (Å²) in [5, 5.41) is 9.75. The van der Waals surface area contributed by atoms with Gasteiger partial charge in [-0.3, -0.25) is 4.90 Å². The van der Waals surface area contributed by atoms with Gasteiger partial charge in [0.15, 0.2) is 5.65 Å². The second-order valence-electron chi connectivity index (χ2n) is 11.3. The zero-order chi connectivity index (χ0) is 29.7. The minimum Gasteiger partial charge on any atom is -0.480 e. The molecule has 0 unspecified atom stereocenters. The van der Waals surface area contributed by atoms with Gasteiger partial charge in [-0.25, -0.2) is 23.5 Å². The molecule has 0 bridgehead atoms. The molecule has 2 atom stereocenters. The molecule has 2 aromatic carbocycles. The summed E-state index contributed by atoms with van der Waals surface area (Å²) < 4.78 is 43.9. The van der Waals surface area contributed by atoms with Gasteiger partial charge in [0.25, 0.3) is 0 Å². The van der Waals surface area contributed by atoms with Crippen LogP contribution >= 0.6 is 11.6 Å². The number of aromatic carboxylic acids is 1. The van der Waals surface area contributed by atoms with Crippen LogP contribution in [-0.2, 0) is 17.8 Å². The lowest BCUT2D eigenvalue weighted by atomic mass is 9.86. The zero-order valence-electron chi connectivity index (χ0n) is 23.2. The fraction of sp³-hybridized carbons (Fsp3) is 0.344. The number of halogens is 3. The minimum atomic E-state index is -1.03. The number of benzene rings is 2. The molecular weight excluding hydrogens is 578 g/mol. The van der Waals surface area contributed by atoms with Gasteiger partial charge in [-0.15, -0.1) is 0 Å². The number of ether oxygens (including phenoxy) is 2. The van der Waals surface area contributed by atoms with E-state index in [0.29, 0.717) is 35.6 Å². The molecular formula is C32H29ClF2N4O4. The molecule has 8 nitrogen and oxygen atoms in total. The number of carboxylic acid groups (broad SMARTS) is 1. The lowest BCUT2D eigenvalue weighted by Gasteiger charge is -2.34. The number of carboxylic acids is 1. The first kappa shape index (κ1) is 27.9. The molecule has 3 aliphatic rings. The maximum absolute atomic E-state index is 15.3. The molecule has 7 rings (SSSR count). The van der Waals surface area contributed by atoms with E-state index in [2.05, 4.69) is 9.88 Å². The number of aromatic nitrogens is 3. The van der Waals surface area contributed by atoms with Crippen LogP contribution in [-0.4, -0.2) is 56.3 Å². The van der Waals surface area contributed by atoms with E-state index in [9.17, 15) is 14.3 Å². The third-order valence-corrected chi connectivity index (χ3v) is 8.85. The monoisotopic (exact) mass is 606 g/mol. The van der Waals surface area contributed by atoms with Gasteiger partial charge in [-0.05, 0) is 74.2 Å². The summed E-state index contributed by atoms with van der Waals surface area (Å²) in [5.41, 5.74) is 2.86. The molecule has 2 aromatic heterocycles. The summed E-state index contributed by atoms with van der Waals surface area (Å²) in [7, 11) is 0. The van der Waals surface area contributed by atoms with Crippen LogP contribution in [0.3, 0.4) is 0 Å². The summed E-state index contributed by atoms with van der Waals surface area (Å²) in [4.78, 5) is 23.0. The number of para-hydroxylation sites is 1. The minimum absolute atomic E-state index is 0.0687. The van der Waals surface area contributed by atoms with Crippen LogP contribution in [0.5, 0.6) is 5.75 Å². The van der Waals surface area contributed by atoms with E-state index >= 15 is 4.39 Å². The van der Waals surface area contributed by atoms with Crippen LogP contribution in [0.1, 0.15) is 64.2 Å². The fourth-order valence-corrected chi connectivity index (χ4v) is 6.35. The molecule has 0 amide bonds. The highest BCUT2D eigenvalue weighted by Gasteiger charge is 2.31. The second-order valence-corrected chi connectivity index (χ2v) is 11.7. The molecule has 2 fully saturated rings. The third kappa shape index (κ3) is 5.39. The quantitative estimate of drug-likeness (QED) is 0.256. The van der Waals surface area contributed by atoms with Gasteiger partial charge >= 0.3 is 5.97 Å². The molecule has 3 aliphatic heterocycles. The number of fused-ring (bicyclic) bond motifs is 2. The van der Waals surface area contributed by atoms with Crippen molar-refractivity contribution in [1.82, 2.24) is 19.4 Å². The average molecular weight is 607 g/mol. The Balaban J connectivity index is 1.10. The summed E-state index contributed by atoms with van der Waals surface area (Å²) >= 11 is 5.92. The van der Waals surface area contributed by atoms with E-state index < -0.39 is 23.7 Å². The van der Waals surface area contributed by atoms with E-state index in [1.54, 1.807) is 18.2 Å². The molecule has 5 heterocycles. The summed E-state index contributed by atoms with van der Waals surface area (Å²) in [6, 6.07) is 11.4. The number of carbonyl (C=O) groups is 1. The largest absolute Gasteiger partial charge is 0.480 e. The Morgan fingerprint density at radius 2 is 1.91 bits per heavy atom. The van der Waals surface area contributed by atoms with Crippen molar-refractivity contribution < 1.29 is 28.2 Å². The standard InChI is InChI=1S/C32H29ClF2N4O4/c33-20-4-5-23(25(34)13-20)28-14-26(35)24-3-1-2-22(30(24)43-28)18-6-9-38(10-7-18)17-29-37-31-27(12-19(15-36-31)32(40)41)39(29)16-21-8-11-42-21/h1-5,12-15,18,21,28H,6-11,16-17H2,(H,40,41)/t21-,28+/m0/s1. The Morgan fingerprint density at radius 1 is 1.09 bits per heavy atom. The van der Waals surface area contributed by atoms with Gasteiger partial charge in [-0.2, -0.15) is 0 Å². The van der Waals surface area contributed by atoms with Crippen LogP contribution in [0.15, 0.2) is 54.7 Å². The van der Waals surface area contributed by atoms with Crippen LogP contribution in [0.25, 0.3) is 17.0 Å². The first-order valence-corrected chi connectivity index (χ1v) is 14.8. The van der Waals surface area contributed by atoms with Crippen molar-refractivity contribution in [2.45, 2.75) is 50.5 Å². The number of nitrogens with zero attached hydrogens (tertiary/aromatic N) is 4. The molecule has 222 valence electrons. The highest BCUT2D eigenvalue weighted by Crippen LogP contribution is 2.45. The Bertz CT molecular complexity index is 1750. The van der Waals surface area contributed by atoms with Gasteiger partial charge in [0.05, 0.1) is 35.8 Å². The third-order valence-electron chi connectivity index (χ3n) is 8.62. The van der Waals surface area contributed by atoms with Crippen LogP contribution in [0.4, 0.5) is 8.78 Å². The Hall–Kier alpha value is -3.86.